The van der Waals surface area contributed by atoms with Crippen LogP contribution in [-0.2, 0) is 14.9 Å². The van der Waals surface area contributed by atoms with Crippen LogP contribution in [0.15, 0.2) is 60.7 Å². The smallest absolute Gasteiger partial charge is 0.335 e. The fraction of sp³-hybridized carbons (Fsp3) is 0.432. The molecule has 3 fully saturated rings. The van der Waals surface area contributed by atoms with E-state index in [0.717, 1.165) is 18.9 Å². The van der Waals surface area contributed by atoms with E-state index in [1.807, 2.05) is 25.7 Å². The van der Waals surface area contributed by atoms with Crippen LogP contribution < -0.4 is 4.90 Å². The summed E-state index contributed by atoms with van der Waals surface area (Å²) in [7, 11) is 0. The van der Waals surface area contributed by atoms with Crippen molar-refractivity contribution >= 4 is 40.8 Å². The Hall–Kier alpha value is -3.55. The molecule has 3 saturated heterocycles. The first kappa shape index (κ1) is 34.3. The van der Waals surface area contributed by atoms with Crippen LogP contribution in [0.4, 0.5) is 14.5 Å². The molecule has 3 heterocycles. The number of nitrogens with zero attached hydrogens (tertiary/aromatic N) is 3. The van der Waals surface area contributed by atoms with E-state index in [0.29, 0.717) is 31.7 Å². The Labute approximate surface area is 289 Å². The van der Waals surface area contributed by atoms with Gasteiger partial charge in [0.1, 0.15) is 23.1 Å². The molecule has 3 aliphatic rings. The number of nitriles is 1. The van der Waals surface area contributed by atoms with Crippen molar-refractivity contribution in [1.82, 2.24) is 4.90 Å². The Bertz CT molecular complexity index is 1770. The molecule has 7 nitrogen and oxygen atoms in total. The number of amides is 1. The normalized spacial score (nSPS) is 26.5. The number of aromatic carboxylic acids is 1. The highest BCUT2D eigenvalue weighted by Crippen LogP contribution is 2.60. The van der Waals surface area contributed by atoms with Gasteiger partial charge in [0, 0.05) is 41.4 Å². The van der Waals surface area contributed by atoms with Crippen molar-refractivity contribution in [2.75, 3.05) is 18.1 Å². The SMILES string of the molecule is CC(C)(C)C[C@@H]1N2[C@H](CC3CCOCC3)N(c3ccc(C(=O)O)cc3)C(=O)[C@H]2[C@H](c2cccc(Cl)c2F)[C@@]1(C#N)c1ccc(Cl)cc1F. The standard InChI is InChI=1S/C37H37Cl2F2N3O4/c1-36(2,3)19-29-37(20-42,26-12-9-23(38)18-28(26)40)31(25-5-4-6-27(39)32(25)41)33-34(45)43(24-10-7-22(8-11-24)35(46)47)30(44(29)33)17-21-13-15-48-16-14-21/h4-12,18,21,29-31,33H,13-17,19H2,1-3H3,(H,46,47)/t29-,30+,31-,33+,37-/m0/s1. The lowest BCUT2D eigenvalue weighted by Crippen LogP contribution is -2.52. The molecule has 0 aliphatic carbocycles. The zero-order valence-corrected chi connectivity index (χ0v) is 28.4. The summed E-state index contributed by atoms with van der Waals surface area (Å²) < 4.78 is 38.2. The van der Waals surface area contributed by atoms with E-state index < -0.39 is 52.6 Å². The fourth-order valence-corrected chi connectivity index (χ4v) is 8.45. The highest BCUT2D eigenvalue weighted by atomic mass is 35.5. The van der Waals surface area contributed by atoms with Gasteiger partial charge in [-0.25, -0.2) is 13.6 Å². The minimum absolute atomic E-state index is 0.0393. The molecule has 0 spiro atoms. The Morgan fingerprint density at radius 2 is 1.77 bits per heavy atom. The van der Waals surface area contributed by atoms with Crippen molar-refractivity contribution < 1.29 is 28.2 Å². The fourth-order valence-electron chi connectivity index (χ4n) is 8.11. The van der Waals surface area contributed by atoms with E-state index in [1.165, 1.54) is 36.4 Å². The molecule has 0 bridgehead atoms. The topological polar surface area (TPSA) is 93.9 Å². The minimum Gasteiger partial charge on any atom is -0.478 e. The molecule has 11 heteroatoms. The van der Waals surface area contributed by atoms with Gasteiger partial charge >= 0.3 is 5.97 Å². The molecule has 3 aliphatic heterocycles. The van der Waals surface area contributed by atoms with Crippen molar-refractivity contribution in [2.24, 2.45) is 11.3 Å². The zero-order valence-electron chi connectivity index (χ0n) is 26.9. The predicted octanol–water partition coefficient (Wildman–Crippen LogP) is 8.19. The van der Waals surface area contributed by atoms with Gasteiger partial charge < -0.3 is 9.84 Å². The summed E-state index contributed by atoms with van der Waals surface area (Å²) in [6.07, 6.45) is 1.80. The number of rotatable bonds is 7. The second-order valence-electron chi connectivity index (χ2n) is 14.2. The van der Waals surface area contributed by atoms with Gasteiger partial charge in [0.05, 0.1) is 22.8 Å². The number of fused-ring (bicyclic) bond motifs is 1. The summed E-state index contributed by atoms with van der Waals surface area (Å²) in [5.41, 5.74) is -1.51. The quantitative estimate of drug-likeness (QED) is 0.268. The van der Waals surface area contributed by atoms with Gasteiger partial charge in [-0.15, -0.1) is 0 Å². The van der Waals surface area contributed by atoms with Crippen molar-refractivity contribution in [1.29, 1.82) is 5.26 Å². The number of carboxylic acids is 1. The summed E-state index contributed by atoms with van der Waals surface area (Å²) in [6, 6.07) is 15.4. The number of hydrogen-bond acceptors (Lipinski definition) is 5. The number of ether oxygens (including phenoxy) is 1. The van der Waals surface area contributed by atoms with Crippen LogP contribution in [0.2, 0.25) is 10.0 Å². The first-order chi connectivity index (χ1) is 22.8. The summed E-state index contributed by atoms with van der Waals surface area (Å²) in [6.45, 7) is 7.19. The molecule has 0 radical (unpaired) electrons. The molecule has 0 aromatic heterocycles. The maximum absolute atomic E-state index is 16.3. The molecular formula is C37H37Cl2F2N3O4. The molecular weight excluding hydrogens is 659 g/mol. The van der Waals surface area contributed by atoms with Crippen LogP contribution in [-0.4, -0.2) is 53.3 Å². The predicted molar refractivity (Wildman–Crippen MR) is 179 cm³/mol. The highest BCUT2D eigenvalue weighted by molar-refractivity contribution is 6.31. The first-order valence-electron chi connectivity index (χ1n) is 16.1. The molecule has 3 aromatic rings. The third kappa shape index (κ3) is 5.87. The van der Waals surface area contributed by atoms with Gasteiger partial charge in [0.15, 0.2) is 0 Å². The van der Waals surface area contributed by atoms with Crippen molar-refractivity contribution in [3.63, 3.8) is 0 Å². The number of anilines is 1. The van der Waals surface area contributed by atoms with Gasteiger partial charge in [-0.3, -0.25) is 14.6 Å². The Kier molecular flexibility index (Phi) is 9.33. The number of carbonyl (C=O) groups is 2. The third-order valence-electron chi connectivity index (χ3n) is 10.1. The highest BCUT2D eigenvalue weighted by Gasteiger charge is 2.70. The molecule has 0 unspecified atom stereocenters. The molecule has 252 valence electrons. The van der Waals surface area contributed by atoms with Crippen molar-refractivity contribution in [2.45, 2.75) is 76.0 Å². The molecule has 0 saturated carbocycles. The summed E-state index contributed by atoms with van der Waals surface area (Å²) in [4.78, 5) is 30.5. The van der Waals surface area contributed by atoms with Crippen LogP contribution in [0.3, 0.4) is 0 Å². The zero-order chi connectivity index (χ0) is 34.5. The Morgan fingerprint density at radius 3 is 2.38 bits per heavy atom. The maximum Gasteiger partial charge on any atom is 0.335 e. The molecule has 1 amide bonds. The number of hydrogen-bond donors (Lipinski definition) is 1. The van der Waals surface area contributed by atoms with Gasteiger partial charge in [-0.05, 0) is 85.0 Å². The van der Waals surface area contributed by atoms with Crippen LogP contribution in [0.5, 0.6) is 0 Å². The third-order valence-corrected chi connectivity index (χ3v) is 10.6. The Morgan fingerprint density at radius 1 is 1.08 bits per heavy atom. The lowest BCUT2D eigenvalue weighted by atomic mass is 9.62. The van der Waals surface area contributed by atoms with E-state index in [2.05, 4.69) is 6.07 Å². The number of carbonyl (C=O) groups excluding carboxylic acids is 1. The number of halogens is 4. The van der Waals surface area contributed by atoms with Gasteiger partial charge in [0.25, 0.3) is 0 Å². The van der Waals surface area contributed by atoms with E-state index in [9.17, 15) is 15.2 Å². The van der Waals surface area contributed by atoms with Gasteiger partial charge in [-0.1, -0.05) is 62.2 Å². The maximum atomic E-state index is 16.3. The monoisotopic (exact) mass is 695 g/mol. The molecule has 48 heavy (non-hydrogen) atoms. The molecule has 1 N–H and O–H groups in total. The lowest BCUT2D eigenvalue weighted by Gasteiger charge is -2.43. The molecule has 6 rings (SSSR count). The Balaban J connectivity index is 1.64. The van der Waals surface area contributed by atoms with E-state index in [4.69, 9.17) is 27.9 Å². The summed E-state index contributed by atoms with van der Waals surface area (Å²) in [5.74, 6) is -3.97. The van der Waals surface area contributed by atoms with Crippen LogP contribution >= 0.6 is 23.2 Å². The lowest BCUT2D eigenvalue weighted by molar-refractivity contribution is -0.119. The average molecular weight is 697 g/mol. The van der Waals surface area contributed by atoms with E-state index in [1.54, 1.807) is 23.1 Å². The number of benzene rings is 3. The van der Waals surface area contributed by atoms with Crippen molar-refractivity contribution in [3.8, 4) is 6.07 Å². The van der Waals surface area contributed by atoms with E-state index in [-0.39, 0.29) is 38.6 Å². The van der Waals surface area contributed by atoms with Crippen LogP contribution in [0.1, 0.15) is 73.9 Å². The molecule has 5 atom stereocenters. The van der Waals surface area contributed by atoms with Crippen molar-refractivity contribution in [3.05, 3.63) is 99.0 Å². The van der Waals surface area contributed by atoms with Gasteiger partial charge in [0.2, 0.25) is 5.91 Å². The minimum atomic E-state index is -1.74. The largest absolute Gasteiger partial charge is 0.478 e. The first-order valence-corrected chi connectivity index (χ1v) is 16.9. The van der Waals surface area contributed by atoms with E-state index >= 15 is 13.6 Å². The second-order valence-corrected chi connectivity index (χ2v) is 15.1. The van der Waals surface area contributed by atoms with Crippen LogP contribution in [0, 0.1) is 34.3 Å². The second kappa shape index (κ2) is 13.1. The average Bonchev–Trinajstić information content (AvgIpc) is 3.47. The number of carboxylic acid groups (broad SMARTS) is 1. The summed E-state index contributed by atoms with van der Waals surface area (Å²) in [5, 5.41) is 20.9. The van der Waals surface area contributed by atoms with Gasteiger partial charge in [-0.2, -0.15) is 5.26 Å². The summed E-state index contributed by atoms with van der Waals surface area (Å²) >= 11 is 12.6. The van der Waals surface area contributed by atoms with Crippen LogP contribution in [0.25, 0.3) is 0 Å². The molecule has 3 aromatic carbocycles.